The first-order valence-corrected chi connectivity index (χ1v) is 11.5. The Morgan fingerprint density at radius 3 is 2.55 bits per heavy atom. The van der Waals surface area contributed by atoms with Crippen LogP contribution < -0.4 is 0 Å². The van der Waals surface area contributed by atoms with Crippen LogP contribution in [0.4, 0.5) is 13.2 Å². The first kappa shape index (κ1) is 22.5. The third-order valence-electron chi connectivity index (χ3n) is 6.97. The van der Waals surface area contributed by atoms with Crippen LogP contribution in [-0.4, -0.2) is 68.6 Å². The molecule has 2 saturated carbocycles. The Kier molecular flexibility index (Phi) is 5.55. The number of carbonyl (C=O) groups is 2. The zero-order chi connectivity index (χ0) is 23.5. The molecule has 0 unspecified atom stereocenters. The lowest BCUT2D eigenvalue weighted by atomic mass is 9.77. The number of aliphatic hydroxyl groups excluding tert-OH is 1. The van der Waals surface area contributed by atoms with Gasteiger partial charge in [0.05, 0.1) is 10.5 Å². The highest BCUT2D eigenvalue weighted by atomic mass is 35.5. The van der Waals surface area contributed by atoms with Crippen LogP contribution in [0.1, 0.15) is 59.8 Å². The van der Waals surface area contributed by atoms with Crippen LogP contribution in [0, 0.1) is 5.92 Å². The Hall–Kier alpha value is -2.33. The van der Waals surface area contributed by atoms with Crippen LogP contribution in [0.5, 0.6) is 0 Å². The lowest BCUT2D eigenvalue weighted by Crippen LogP contribution is -2.58. The first-order valence-electron chi connectivity index (χ1n) is 11.2. The van der Waals surface area contributed by atoms with Crippen LogP contribution in [-0.2, 0) is 11.0 Å². The second kappa shape index (κ2) is 8.16. The number of hydrogen-bond acceptors (Lipinski definition) is 4. The van der Waals surface area contributed by atoms with Crippen LogP contribution in [0.2, 0.25) is 5.02 Å². The minimum absolute atomic E-state index is 0.0473. The molecule has 0 atom stereocenters. The normalized spacial score (nSPS) is 23.8. The number of alkyl halides is 3. The third kappa shape index (κ3) is 4.07. The second-order valence-corrected chi connectivity index (χ2v) is 9.60. The smallest absolute Gasteiger partial charge is 0.396 e. The summed E-state index contributed by atoms with van der Waals surface area (Å²) in [6.45, 7) is 0.580. The lowest BCUT2D eigenvalue weighted by Gasteiger charge is -2.46. The second-order valence-electron chi connectivity index (χ2n) is 9.22. The van der Waals surface area contributed by atoms with Crippen molar-refractivity contribution >= 4 is 28.9 Å². The maximum Gasteiger partial charge on any atom is 0.433 e. The van der Waals surface area contributed by atoms with Gasteiger partial charge in [-0.3, -0.25) is 9.59 Å². The molecule has 0 aromatic carbocycles. The lowest BCUT2D eigenvalue weighted by molar-refractivity contribution is -0.142. The summed E-state index contributed by atoms with van der Waals surface area (Å²) in [5.41, 5.74) is -0.653. The molecule has 0 radical (unpaired) electrons. The zero-order valence-electron chi connectivity index (χ0n) is 17.8. The summed E-state index contributed by atoms with van der Waals surface area (Å²) < 4.78 is 41.8. The number of piperazine rings is 1. The Labute approximate surface area is 193 Å². The molecule has 1 N–H and O–H groups in total. The molecule has 178 valence electrons. The molecular formula is C22H24ClF3N4O3. The van der Waals surface area contributed by atoms with Crippen molar-refractivity contribution in [1.29, 1.82) is 0 Å². The van der Waals surface area contributed by atoms with Crippen LogP contribution in [0.25, 0.3) is 5.52 Å². The number of amides is 2. The summed E-state index contributed by atoms with van der Waals surface area (Å²) in [6, 6.07) is 2.76. The fraction of sp³-hybridized carbons (Fsp3) is 0.591. The number of hydrogen-bond donors (Lipinski definition) is 1. The van der Waals surface area contributed by atoms with E-state index in [1.807, 2.05) is 0 Å². The van der Waals surface area contributed by atoms with Gasteiger partial charge in [0.1, 0.15) is 12.2 Å². The molecule has 1 saturated heterocycles. The van der Waals surface area contributed by atoms with Gasteiger partial charge < -0.3 is 14.9 Å². The van der Waals surface area contributed by atoms with Crippen molar-refractivity contribution < 1.29 is 27.9 Å². The van der Waals surface area contributed by atoms with Gasteiger partial charge in [0.25, 0.3) is 5.91 Å². The molecule has 3 aliphatic rings. The van der Waals surface area contributed by atoms with Crippen molar-refractivity contribution in [3.05, 3.63) is 34.1 Å². The molecular weight excluding hydrogens is 461 g/mol. The first-order chi connectivity index (χ1) is 15.7. The van der Waals surface area contributed by atoms with E-state index in [0.29, 0.717) is 22.5 Å². The van der Waals surface area contributed by atoms with E-state index >= 15 is 0 Å². The topological polar surface area (TPSA) is 78.2 Å². The third-order valence-corrected chi connectivity index (χ3v) is 7.34. The summed E-state index contributed by atoms with van der Waals surface area (Å²) in [5, 5.41) is 12.8. The van der Waals surface area contributed by atoms with E-state index in [-0.39, 0.29) is 53.8 Å². The van der Waals surface area contributed by atoms with Crippen molar-refractivity contribution in [3.63, 3.8) is 0 Å². The van der Waals surface area contributed by atoms with Gasteiger partial charge in [-0.2, -0.15) is 18.3 Å². The van der Waals surface area contributed by atoms with E-state index in [2.05, 4.69) is 5.10 Å². The number of fused-ring (bicyclic) bond motifs is 1. The minimum Gasteiger partial charge on any atom is -0.396 e. The van der Waals surface area contributed by atoms with Crippen molar-refractivity contribution in [2.75, 3.05) is 26.2 Å². The summed E-state index contributed by atoms with van der Waals surface area (Å²) in [5.74, 6) is -0.374. The predicted molar refractivity (Wildman–Crippen MR) is 113 cm³/mol. The molecule has 5 rings (SSSR count). The van der Waals surface area contributed by atoms with Crippen LogP contribution in [0.15, 0.2) is 12.1 Å². The minimum atomic E-state index is -4.66. The van der Waals surface area contributed by atoms with E-state index in [9.17, 15) is 22.8 Å². The average molecular weight is 485 g/mol. The Balaban J connectivity index is 1.37. The number of aromatic nitrogens is 2. The van der Waals surface area contributed by atoms with Gasteiger partial charge in [-0.1, -0.05) is 11.6 Å². The molecule has 11 heteroatoms. The quantitative estimate of drug-likeness (QED) is 0.706. The molecule has 33 heavy (non-hydrogen) atoms. The Bertz CT molecular complexity index is 1110. The van der Waals surface area contributed by atoms with E-state index in [0.717, 1.165) is 38.2 Å². The van der Waals surface area contributed by atoms with Gasteiger partial charge in [-0.05, 0) is 61.6 Å². The zero-order valence-corrected chi connectivity index (χ0v) is 18.6. The highest BCUT2D eigenvalue weighted by Crippen LogP contribution is 2.43. The highest BCUT2D eigenvalue weighted by Gasteiger charge is 2.41. The molecule has 3 heterocycles. The standard InChI is InChI=1S/C22H24ClF3N4O3/c23-19-16-9-14(13-1-2-13)10-17(22(24,25)26)30(16)27-20(19)21(33)28-4-5-29(18(32)11-28)15-7-12(8-15)3-6-31/h9-10,12-13,15,31H,1-8,11H2. The number of aliphatic hydroxyl groups is 1. The van der Waals surface area contributed by atoms with Crippen LogP contribution in [0.3, 0.4) is 0 Å². The fourth-order valence-corrected chi connectivity index (χ4v) is 5.15. The number of halogens is 4. The van der Waals surface area contributed by atoms with Gasteiger partial charge in [0.15, 0.2) is 5.69 Å². The average Bonchev–Trinajstić information content (AvgIpc) is 3.53. The number of nitrogens with zero attached hydrogens (tertiary/aromatic N) is 4. The van der Waals surface area contributed by atoms with E-state index in [1.54, 1.807) is 11.0 Å². The summed E-state index contributed by atoms with van der Waals surface area (Å²) in [6.07, 6.45) is -0.628. The number of pyridine rings is 1. The van der Waals surface area contributed by atoms with E-state index < -0.39 is 17.8 Å². The van der Waals surface area contributed by atoms with Gasteiger partial charge >= 0.3 is 6.18 Å². The Morgan fingerprint density at radius 1 is 1.21 bits per heavy atom. The van der Waals surface area contributed by atoms with Gasteiger partial charge in [0.2, 0.25) is 5.91 Å². The molecule has 2 aromatic heterocycles. The molecule has 0 spiro atoms. The Morgan fingerprint density at radius 2 is 1.94 bits per heavy atom. The molecule has 2 amide bonds. The SMILES string of the molecule is O=C(c1nn2c(C(F)(F)F)cc(C3CC3)cc2c1Cl)N1CCN(C2CC(CCO)C2)C(=O)C1. The van der Waals surface area contributed by atoms with Crippen molar-refractivity contribution in [2.24, 2.45) is 5.92 Å². The molecule has 2 aliphatic carbocycles. The molecule has 0 bridgehead atoms. The number of rotatable bonds is 5. The molecule has 7 nitrogen and oxygen atoms in total. The van der Waals surface area contributed by atoms with Gasteiger partial charge in [-0.25, -0.2) is 4.52 Å². The van der Waals surface area contributed by atoms with E-state index in [1.165, 1.54) is 4.90 Å². The van der Waals surface area contributed by atoms with Crippen LogP contribution >= 0.6 is 11.6 Å². The van der Waals surface area contributed by atoms with Gasteiger partial charge in [-0.15, -0.1) is 0 Å². The molecule has 3 fully saturated rings. The highest BCUT2D eigenvalue weighted by molar-refractivity contribution is 6.36. The van der Waals surface area contributed by atoms with Gasteiger partial charge in [0, 0.05) is 25.7 Å². The summed E-state index contributed by atoms with van der Waals surface area (Å²) in [7, 11) is 0. The number of carbonyl (C=O) groups excluding carboxylic acids is 2. The van der Waals surface area contributed by atoms with Crippen molar-refractivity contribution in [3.8, 4) is 0 Å². The monoisotopic (exact) mass is 484 g/mol. The summed E-state index contributed by atoms with van der Waals surface area (Å²) in [4.78, 5) is 28.8. The fourth-order valence-electron chi connectivity index (χ4n) is 4.90. The van der Waals surface area contributed by atoms with Crippen molar-refractivity contribution in [2.45, 2.75) is 50.2 Å². The molecule has 2 aromatic rings. The van der Waals surface area contributed by atoms with E-state index in [4.69, 9.17) is 16.7 Å². The maximum absolute atomic E-state index is 13.7. The van der Waals surface area contributed by atoms with Crippen molar-refractivity contribution in [1.82, 2.24) is 19.4 Å². The predicted octanol–water partition coefficient (Wildman–Crippen LogP) is 3.33. The summed E-state index contributed by atoms with van der Waals surface area (Å²) >= 11 is 6.37. The molecule has 1 aliphatic heterocycles. The maximum atomic E-state index is 13.7. The largest absolute Gasteiger partial charge is 0.433 e.